The third-order valence-corrected chi connectivity index (χ3v) is 8.29. The second-order valence-electron chi connectivity index (χ2n) is 11.5. The van der Waals surface area contributed by atoms with Gasteiger partial charge in [0.25, 0.3) is 0 Å². The van der Waals surface area contributed by atoms with Crippen LogP contribution in [0.25, 0.3) is 0 Å². The summed E-state index contributed by atoms with van der Waals surface area (Å²) in [6.45, 7) is 15.1. The highest BCUT2D eigenvalue weighted by molar-refractivity contribution is 5.79. The molecule has 2 fully saturated rings. The molecule has 3 nitrogen and oxygen atoms in total. The van der Waals surface area contributed by atoms with Crippen LogP contribution >= 0.6 is 0 Å². The van der Waals surface area contributed by atoms with Crippen LogP contribution in [0.2, 0.25) is 0 Å². The number of amides is 1. The fourth-order valence-electron chi connectivity index (χ4n) is 6.11. The molecule has 0 saturated carbocycles. The van der Waals surface area contributed by atoms with E-state index < -0.39 is 0 Å². The van der Waals surface area contributed by atoms with Crippen molar-refractivity contribution < 1.29 is 4.79 Å². The van der Waals surface area contributed by atoms with E-state index in [1.807, 2.05) is 0 Å². The van der Waals surface area contributed by atoms with Crippen LogP contribution in [0.3, 0.4) is 0 Å². The standard InChI is InChI=1S/C29H56N2O/c1-5-8-11-14-16-26(4)23-30-24-29(25-30)19-21-31(22-20-29)28(32)27(17-13-10-7-3)18-15-12-9-6-2/h26-27H,5-25H2,1-4H3. The first-order chi connectivity index (χ1) is 15.5. The molecule has 2 aliphatic rings. The van der Waals surface area contributed by atoms with Gasteiger partial charge in [0.15, 0.2) is 0 Å². The van der Waals surface area contributed by atoms with Crippen LogP contribution in [-0.4, -0.2) is 48.4 Å². The molecular weight excluding hydrogens is 392 g/mol. The Morgan fingerprint density at radius 1 is 0.750 bits per heavy atom. The first-order valence-electron chi connectivity index (χ1n) is 14.5. The Labute approximate surface area is 201 Å². The van der Waals surface area contributed by atoms with Crippen LogP contribution in [0, 0.1) is 17.3 Å². The smallest absolute Gasteiger partial charge is 0.225 e. The summed E-state index contributed by atoms with van der Waals surface area (Å²) < 4.78 is 0. The number of rotatable bonds is 17. The Morgan fingerprint density at radius 2 is 1.25 bits per heavy atom. The molecule has 0 aliphatic carbocycles. The van der Waals surface area contributed by atoms with Gasteiger partial charge in [0.1, 0.15) is 0 Å². The summed E-state index contributed by atoms with van der Waals surface area (Å²) in [5.74, 6) is 1.62. The Kier molecular flexibility index (Phi) is 13.3. The number of carbonyl (C=O) groups excluding carboxylic acids is 1. The molecule has 32 heavy (non-hydrogen) atoms. The molecule has 188 valence electrons. The summed E-state index contributed by atoms with van der Waals surface area (Å²) in [4.78, 5) is 18.3. The Bertz CT molecular complexity index is 489. The number of hydrogen-bond donors (Lipinski definition) is 0. The normalized spacial score (nSPS) is 20.3. The number of hydrogen-bond acceptors (Lipinski definition) is 2. The lowest BCUT2D eigenvalue weighted by molar-refractivity contribution is -0.141. The molecule has 1 spiro atoms. The molecule has 2 aliphatic heterocycles. The largest absolute Gasteiger partial charge is 0.342 e. The van der Waals surface area contributed by atoms with Gasteiger partial charge in [-0.1, -0.05) is 98.3 Å². The van der Waals surface area contributed by atoms with Crippen molar-refractivity contribution in [3.05, 3.63) is 0 Å². The van der Waals surface area contributed by atoms with E-state index in [0.29, 0.717) is 17.2 Å². The molecule has 0 aromatic rings. The summed E-state index contributed by atoms with van der Waals surface area (Å²) in [6, 6.07) is 0. The zero-order valence-corrected chi connectivity index (χ0v) is 22.3. The minimum absolute atomic E-state index is 0.291. The number of nitrogens with zero attached hydrogens (tertiary/aromatic N) is 2. The quantitative estimate of drug-likeness (QED) is 0.213. The van der Waals surface area contributed by atoms with Crippen molar-refractivity contribution >= 4 is 5.91 Å². The van der Waals surface area contributed by atoms with Gasteiger partial charge in [-0.25, -0.2) is 0 Å². The molecule has 2 unspecified atom stereocenters. The van der Waals surface area contributed by atoms with E-state index in [1.165, 1.54) is 110 Å². The maximum Gasteiger partial charge on any atom is 0.225 e. The first-order valence-corrected chi connectivity index (χ1v) is 14.5. The molecule has 1 amide bonds. The Hall–Kier alpha value is -0.570. The zero-order chi connectivity index (χ0) is 23.2. The second kappa shape index (κ2) is 15.4. The van der Waals surface area contributed by atoms with E-state index in [2.05, 4.69) is 37.5 Å². The van der Waals surface area contributed by atoms with Crippen molar-refractivity contribution in [1.29, 1.82) is 0 Å². The van der Waals surface area contributed by atoms with Gasteiger partial charge in [0.05, 0.1) is 0 Å². The van der Waals surface area contributed by atoms with E-state index >= 15 is 0 Å². The van der Waals surface area contributed by atoms with Crippen molar-refractivity contribution in [2.24, 2.45) is 17.3 Å². The summed E-state index contributed by atoms with van der Waals surface area (Å²) in [6.07, 6.45) is 20.5. The number of carbonyl (C=O) groups is 1. The molecule has 0 radical (unpaired) electrons. The minimum atomic E-state index is 0.291. The van der Waals surface area contributed by atoms with E-state index in [9.17, 15) is 4.79 Å². The van der Waals surface area contributed by atoms with Crippen molar-refractivity contribution in [3.8, 4) is 0 Å². The SMILES string of the molecule is CCCCCCC(C)CN1CC2(CCN(C(=O)C(CCCCC)CCCCCC)CC2)C1. The zero-order valence-electron chi connectivity index (χ0n) is 22.3. The molecule has 0 aromatic heterocycles. The fraction of sp³-hybridized carbons (Fsp3) is 0.966. The van der Waals surface area contributed by atoms with Crippen molar-refractivity contribution in [2.75, 3.05) is 32.7 Å². The lowest BCUT2D eigenvalue weighted by Gasteiger charge is -2.55. The molecule has 2 atom stereocenters. The Morgan fingerprint density at radius 3 is 1.81 bits per heavy atom. The number of likely N-dealkylation sites (tertiary alicyclic amines) is 2. The highest BCUT2D eigenvalue weighted by Gasteiger charge is 2.45. The molecular formula is C29H56N2O. The number of piperidine rings is 1. The van der Waals surface area contributed by atoms with Gasteiger partial charge >= 0.3 is 0 Å². The monoisotopic (exact) mass is 448 g/mol. The van der Waals surface area contributed by atoms with E-state index in [1.54, 1.807) is 0 Å². The van der Waals surface area contributed by atoms with E-state index in [-0.39, 0.29) is 0 Å². The van der Waals surface area contributed by atoms with Gasteiger partial charge in [-0.15, -0.1) is 0 Å². The highest BCUT2D eigenvalue weighted by atomic mass is 16.2. The summed E-state index contributed by atoms with van der Waals surface area (Å²) in [5, 5.41) is 0. The van der Waals surface area contributed by atoms with Gasteiger partial charge in [-0.3, -0.25) is 4.79 Å². The molecule has 2 rings (SSSR count). The average Bonchev–Trinajstić information content (AvgIpc) is 2.77. The average molecular weight is 449 g/mol. The topological polar surface area (TPSA) is 23.6 Å². The van der Waals surface area contributed by atoms with Gasteiger partial charge < -0.3 is 9.80 Å². The summed E-state index contributed by atoms with van der Waals surface area (Å²) in [7, 11) is 0. The predicted octanol–water partition coefficient (Wildman–Crippen LogP) is 7.68. The second-order valence-corrected chi connectivity index (χ2v) is 11.5. The van der Waals surface area contributed by atoms with E-state index in [4.69, 9.17) is 0 Å². The van der Waals surface area contributed by atoms with Crippen molar-refractivity contribution in [1.82, 2.24) is 9.80 Å². The summed E-state index contributed by atoms with van der Waals surface area (Å²) >= 11 is 0. The highest BCUT2D eigenvalue weighted by Crippen LogP contribution is 2.41. The van der Waals surface area contributed by atoms with Crippen LogP contribution in [-0.2, 0) is 4.79 Å². The van der Waals surface area contributed by atoms with Gasteiger partial charge in [-0.05, 0) is 43.4 Å². The molecule has 0 bridgehead atoms. The summed E-state index contributed by atoms with van der Waals surface area (Å²) in [5.41, 5.74) is 0.525. The van der Waals surface area contributed by atoms with Gasteiger partial charge in [0.2, 0.25) is 5.91 Å². The third kappa shape index (κ3) is 9.35. The van der Waals surface area contributed by atoms with Gasteiger partial charge in [0, 0.05) is 38.6 Å². The maximum atomic E-state index is 13.3. The molecule has 2 heterocycles. The van der Waals surface area contributed by atoms with Crippen LogP contribution in [0.5, 0.6) is 0 Å². The van der Waals surface area contributed by atoms with Crippen LogP contribution in [0.15, 0.2) is 0 Å². The van der Waals surface area contributed by atoms with Crippen molar-refractivity contribution in [3.63, 3.8) is 0 Å². The Balaban J connectivity index is 1.70. The molecule has 2 saturated heterocycles. The number of unbranched alkanes of at least 4 members (excludes halogenated alkanes) is 8. The molecule has 0 aromatic carbocycles. The lowest BCUT2D eigenvalue weighted by atomic mass is 9.71. The van der Waals surface area contributed by atoms with Crippen LogP contribution in [0.1, 0.15) is 130 Å². The van der Waals surface area contributed by atoms with E-state index in [0.717, 1.165) is 31.8 Å². The fourth-order valence-corrected chi connectivity index (χ4v) is 6.11. The first kappa shape index (κ1) is 27.7. The maximum absolute atomic E-state index is 13.3. The van der Waals surface area contributed by atoms with Crippen LogP contribution in [0.4, 0.5) is 0 Å². The lowest BCUT2D eigenvalue weighted by Crippen LogP contribution is -2.61. The third-order valence-electron chi connectivity index (χ3n) is 8.29. The van der Waals surface area contributed by atoms with Crippen LogP contribution < -0.4 is 0 Å². The minimum Gasteiger partial charge on any atom is -0.342 e. The van der Waals surface area contributed by atoms with Gasteiger partial charge in [-0.2, -0.15) is 0 Å². The molecule has 3 heteroatoms. The predicted molar refractivity (Wildman–Crippen MR) is 139 cm³/mol. The molecule has 0 N–H and O–H groups in total. The van der Waals surface area contributed by atoms with Crippen molar-refractivity contribution in [2.45, 2.75) is 130 Å².